The predicted octanol–water partition coefficient (Wildman–Crippen LogP) is 2.49. The molecule has 3 rings (SSSR count). The highest BCUT2D eigenvalue weighted by Crippen LogP contribution is 2.26. The average molecular weight is 276 g/mol. The fraction of sp³-hybridized carbons (Fsp3) is 0.0769. The highest BCUT2D eigenvalue weighted by Gasteiger charge is 2.14. The van der Waals surface area contributed by atoms with E-state index in [-0.39, 0.29) is 17.1 Å². The minimum atomic E-state index is -0.804. The minimum Gasteiger partial charge on any atom is -0.481 e. The van der Waals surface area contributed by atoms with Gasteiger partial charge in [0.25, 0.3) is 0 Å². The fourth-order valence-electron chi connectivity index (χ4n) is 1.86. The van der Waals surface area contributed by atoms with Gasteiger partial charge in [-0.2, -0.15) is 4.98 Å². The van der Waals surface area contributed by atoms with Crippen LogP contribution >= 0.6 is 0 Å². The van der Waals surface area contributed by atoms with Gasteiger partial charge in [0.1, 0.15) is 17.5 Å². The van der Waals surface area contributed by atoms with E-state index in [0.29, 0.717) is 17.0 Å². The van der Waals surface area contributed by atoms with Crippen molar-refractivity contribution in [1.29, 1.82) is 0 Å². The van der Waals surface area contributed by atoms with Crippen molar-refractivity contribution >= 4 is 16.9 Å². The molecule has 0 aliphatic carbocycles. The average Bonchev–Trinajstić information content (AvgIpc) is 2.85. The van der Waals surface area contributed by atoms with E-state index in [2.05, 4.69) is 15.0 Å². The molecule has 0 spiro atoms. The number of hydrogen-bond acceptors (Lipinski definition) is 4. The molecule has 7 heteroatoms. The first-order valence-electron chi connectivity index (χ1n) is 5.74. The molecule has 0 bridgehead atoms. The topological polar surface area (TPSA) is 76.8 Å². The van der Waals surface area contributed by atoms with Crippen molar-refractivity contribution in [3.63, 3.8) is 0 Å². The summed E-state index contributed by atoms with van der Waals surface area (Å²) >= 11 is 0. The van der Waals surface area contributed by atoms with E-state index < -0.39 is 11.6 Å². The van der Waals surface area contributed by atoms with Crippen LogP contribution in [0.15, 0.2) is 24.3 Å². The first-order chi connectivity index (χ1) is 9.58. The molecule has 0 unspecified atom stereocenters. The largest absolute Gasteiger partial charge is 0.481 e. The van der Waals surface area contributed by atoms with Crippen molar-refractivity contribution in [1.82, 2.24) is 15.0 Å². The molecule has 0 saturated heterocycles. The van der Waals surface area contributed by atoms with Crippen LogP contribution in [0.1, 0.15) is 0 Å². The molecule has 0 atom stereocenters. The Bertz CT molecular complexity index is 800. The molecule has 3 aromatic rings. The van der Waals surface area contributed by atoms with Crippen molar-refractivity contribution in [3.05, 3.63) is 35.9 Å². The molecule has 0 amide bonds. The van der Waals surface area contributed by atoms with Gasteiger partial charge in [-0.25, -0.2) is 13.8 Å². The van der Waals surface area contributed by atoms with Crippen LogP contribution in [0, 0.1) is 11.6 Å². The molecular weight excluding hydrogens is 266 g/mol. The normalized spacial score (nSPS) is 10.9. The van der Waals surface area contributed by atoms with Crippen LogP contribution in [0.3, 0.4) is 0 Å². The number of fused-ring (bicyclic) bond motifs is 1. The number of aromatic nitrogens is 3. The van der Waals surface area contributed by atoms with Crippen LogP contribution in [0.2, 0.25) is 0 Å². The van der Waals surface area contributed by atoms with E-state index in [1.807, 2.05) is 0 Å². The number of nitrogens with two attached hydrogens (primary N) is 1. The van der Waals surface area contributed by atoms with Crippen LogP contribution < -0.4 is 10.5 Å². The molecule has 2 heterocycles. The van der Waals surface area contributed by atoms with Gasteiger partial charge in [-0.05, 0) is 12.1 Å². The minimum absolute atomic E-state index is 0.0841. The second kappa shape index (κ2) is 4.44. The quantitative estimate of drug-likeness (QED) is 0.705. The van der Waals surface area contributed by atoms with Gasteiger partial charge in [-0.3, -0.25) is 0 Å². The van der Waals surface area contributed by atoms with Crippen LogP contribution in [0.5, 0.6) is 5.88 Å². The molecule has 3 N–H and O–H groups in total. The SMILES string of the molecule is COc1ccc2[nH]c(-c3cc(N)c(F)cc3F)nc2n1. The van der Waals surface area contributed by atoms with Gasteiger partial charge in [-0.1, -0.05) is 0 Å². The second-order valence-electron chi connectivity index (χ2n) is 4.16. The van der Waals surface area contributed by atoms with Gasteiger partial charge in [0.05, 0.1) is 23.9 Å². The number of aromatic amines is 1. The van der Waals surface area contributed by atoms with Crippen molar-refractivity contribution < 1.29 is 13.5 Å². The number of nitrogen functional groups attached to an aromatic ring is 1. The van der Waals surface area contributed by atoms with E-state index in [1.54, 1.807) is 12.1 Å². The Hall–Kier alpha value is -2.70. The monoisotopic (exact) mass is 276 g/mol. The van der Waals surface area contributed by atoms with Crippen LogP contribution in [-0.2, 0) is 0 Å². The highest BCUT2D eigenvalue weighted by molar-refractivity contribution is 5.77. The Morgan fingerprint density at radius 2 is 1.95 bits per heavy atom. The fourth-order valence-corrected chi connectivity index (χ4v) is 1.86. The maximum absolute atomic E-state index is 13.8. The summed E-state index contributed by atoms with van der Waals surface area (Å²) in [6, 6.07) is 5.29. The number of nitrogens with zero attached hydrogens (tertiary/aromatic N) is 2. The molecule has 0 aliphatic heterocycles. The highest BCUT2D eigenvalue weighted by atomic mass is 19.1. The lowest BCUT2D eigenvalue weighted by atomic mass is 10.1. The van der Waals surface area contributed by atoms with Crippen molar-refractivity contribution in [2.75, 3.05) is 12.8 Å². The first kappa shape index (κ1) is 12.3. The lowest BCUT2D eigenvalue weighted by Crippen LogP contribution is -1.95. The predicted molar refractivity (Wildman–Crippen MR) is 70.2 cm³/mol. The van der Waals surface area contributed by atoms with Crippen LogP contribution in [0.25, 0.3) is 22.6 Å². The maximum atomic E-state index is 13.8. The number of benzene rings is 1. The Morgan fingerprint density at radius 3 is 2.70 bits per heavy atom. The van der Waals surface area contributed by atoms with Crippen LogP contribution in [0.4, 0.5) is 14.5 Å². The van der Waals surface area contributed by atoms with E-state index in [1.165, 1.54) is 13.2 Å². The zero-order chi connectivity index (χ0) is 14.3. The number of imidazole rings is 1. The zero-order valence-corrected chi connectivity index (χ0v) is 10.4. The summed E-state index contributed by atoms with van der Waals surface area (Å²) in [6.07, 6.45) is 0. The van der Waals surface area contributed by atoms with Crippen molar-refractivity contribution in [2.24, 2.45) is 0 Å². The molecule has 0 fully saturated rings. The molecule has 0 radical (unpaired) electrons. The van der Waals surface area contributed by atoms with Crippen LogP contribution in [-0.4, -0.2) is 22.1 Å². The number of hydrogen-bond donors (Lipinski definition) is 2. The number of ether oxygens (including phenoxy) is 1. The Morgan fingerprint density at radius 1 is 1.15 bits per heavy atom. The van der Waals surface area contributed by atoms with Gasteiger partial charge in [0.2, 0.25) is 5.88 Å². The lowest BCUT2D eigenvalue weighted by Gasteiger charge is -2.02. The molecule has 0 aliphatic rings. The summed E-state index contributed by atoms with van der Waals surface area (Å²) in [5.74, 6) is -0.926. The zero-order valence-electron chi connectivity index (χ0n) is 10.4. The molecule has 5 nitrogen and oxygen atoms in total. The molecule has 20 heavy (non-hydrogen) atoms. The van der Waals surface area contributed by atoms with Gasteiger partial charge in [-0.15, -0.1) is 0 Å². The number of halogens is 2. The van der Waals surface area contributed by atoms with Gasteiger partial charge in [0, 0.05) is 12.1 Å². The van der Waals surface area contributed by atoms with E-state index >= 15 is 0 Å². The number of H-pyrrole nitrogens is 1. The summed E-state index contributed by atoms with van der Waals surface area (Å²) in [7, 11) is 1.49. The Labute approximate surface area is 112 Å². The molecule has 1 aromatic carbocycles. The van der Waals surface area contributed by atoms with E-state index in [9.17, 15) is 8.78 Å². The number of nitrogens with one attached hydrogen (secondary N) is 1. The number of anilines is 1. The Balaban J connectivity index is 2.17. The number of rotatable bonds is 2. The van der Waals surface area contributed by atoms with Crippen molar-refractivity contribution in [2.45, 2.75) is 0 Å². The van der Waals surface area contributed by atoms with E-state index in [0.717, 1.165) is 6.07 Å². The molecular formula is C13H10F2N4O. The lowest BCUT2D eigenvalue weighted by molar-refractivity contribution is 0.399. The molecule has 2 aromatic heterocycles. The summed E-state index contributed by atoms with van der Waals surface area (Å²) in [5.41, 5.74) is 6.38. The summed E-state index contributed by atoms with van der Waals surface area (Å²) < 4.78 is 31.9. The van der Waals surface area contributed by atoms with Crippen molar-refractivity contribution in [3.8, 4) is 17.3 Å². The Kier molecular flexibility index (Phi) is 2.74. The molecule has 102 valence electrons. The number of methoxy groups -OCH3 is 1. The third-order valence-electron chi connectivity index (χ3n) is 2.87. The summed E-state index contributed by atoms with van der Waals surface area (Å²) in [4.78, 5) is 11.2. The smallest absolute Gasteiger partial charge is 0.215 e. The van der Waals surface area contributed by atoms with Gasteiger partial charge >= 0.3 is 0 Å². The van der Waals surface area contributed by atoms with Gasteiger partial charge in [0.15, 0.2) is 5.65 Å². The molecule has 0 saturated carbocycles. The summed E-state index contributed by atoms with van der Waals surface area (Å²) in [5, 5.41) is 0. The van der Waals surface area contributed by atoms with E-state index in [4.69, 9.17) is 10.5 Å². The third kappa shape index (κ3) is 1.93. The third-order valence-corrected chi connectivity index (χ3v) is 2.87. The summed E-state index contributed by atoms with van der Waals surface area (Å²) in [6.45, 7) is 0. The number of pyridine rings is 1. The first-order valence-corrected chi connectivity index (χ1v) is 5.74. The second-order valence-corrected chi connectivity index (χ2v) is 4.16. The van der Waals surface area contributed by atoms with Gasteiger partial charge < -0.3 is 15.5 Å². The standard InChI is InChI=1S/C13H10F2N4O/c1-20-11-3-2-10-13(18-11)19-12(17-10)6-4-9(16)8(15)5-7(6)14/h2-5H,16H2,1H3,(H,17,18,19). The maximum Gasteiger partial charge on any atom is 0.215 e.